The highest BCUT2D eigenvalue weighted by Crippen LogP contribution is 2.23. The number of halogens is 1. The summed E-state index contributed by atoms with van der Waals surface area (Å²) in [5, 5.41) is 22.1. The van der Waals surface area contributed by atoms with Crippen molar-refractivity contribution in [2.45, 2.75) is 18.4 Å². The maximum atomic E-state index is 13.0. The zero-order chi connectivity index (χ0) is 13.9. The molecule has 0 spiro atoms. The number of benzene rings is 1. The van der Waals surface area contributed by atoms with Gasteiger partial charge in [-0.05, 0) is 31.0 Å². The molecule has 0 radical (unpaired) electrons. The van der Waals surface area contributed by atoms with Gasteiger partial charge < -0.3 is 20.4 Å². The van der Waals surface area contributed by atoms with Crippen LogP contribution in [0.2, 0.25) is 0 Å². The van der Waals surface area contributed by atoms with Gasteiger partial charge in [-0.25, -0.2) is 9.18 Å². The summed E-state index contributed by atoms with van der Waals surface area (Å²) in [4.78, 5) is 12.1. The number of likely N-dealkylation sites (tertiary alicyclic amines) is 1. The van der Waals surface area contributed by atoms with E-state index in [-0.39, 0.29) is 12.4 Å². The minimum atomic E-state index is -0.958. The number of piperidine rings is 1. The molecule has 1 amide bonds. The minimum absolute atomic E-state index is 0.282. The zero-order valence-electron chi connectivity index (χ0n) is 10.5. The van der Waals surface area contributed by atoms with Crippen molar-refractivity contribution < 1.29 is 19.4 Å². The Kier molecular flexibility index (Phi) is 3.90. The van der Waals surface area contributed by atoms with E-state index in [1.165, 1.54) is 17.0 Å². The van der Waals surface area contributed by atoms with Crippen LogP contribution in [0.25, 0.3) is 0 Å². The molecule has 1 fully saturated rings. The van der Waals surface area contributed by atoms with Crippen molar-refractivity contribution in [1.82, 2.24) is 4.90 Å². The minimum Gasteiger partial charge on any atom is -0.465 e. The van der Waals surface area contributed by atoms with Crippen LogP contribution in [-0.4, -0.2) is 46.4 Å². The second kappa shape index (κ2) is 5.44. The van der Waals surface area contributed by atoms with Gasteiger partial charge in [0.2, 0.25) is 0 Å². The molecule has 0 aromatic heterocycles. The van der Waals surface area contributed by atoms with Crippen LogP contribution in [0.4, 0.5) is 14.9 Å². The van der Waals surface area contributed by atoms with Crippen molar-refractivity contribution in [1.29, 1.82) is 0 Å². The fraction of sp³-hybridized carbons (Fsp3) is 0.462. The molecule has 19 heavy (non-hydrogen) atoms. The largest absolute Gasteiger partial charge is 0.465 e. The summed E-state index contributed by atoms with van der Waals surface area (Å²) in [6, 6.07) is 6.02. The number of rotatable bonds is 3. The van der Waals surface area contributed by atoms with Crippen LogP contribution < -0.4 is 5.32 Å². The van der Waals surface area contributed by atoms with Crippen molar-refractivity contribution in [3.8, 4) is 0 Å². The average Bonchev–Trinajstić information content (AvgIpc) is 2.37. The highest BCUT2D eigenvalue weighted by Gasteiger charge is 2.33. The number of hydrogen-bond donors (Lipinski definition) is 3. The smallest absolute Gasteiger partial charge is 0.407 e. The van der Waals surface area contributed by atoms with Gasteiger partial charge in [0.15, 0.2) is 0 Å². The summed E-state index contributed by atoms with van der Waals surface area (Å²) in [6.07, 6.45) is -0.205. The van der Waals surface area contributed by atoms with Crippen molar-refractivity contribution in [3.63, 3.8) is 0 Å². The summed E-state index contributed by atoms with van der Waals surface area (Å²) in [5.41, 5.74) is -0.341. The zero-order valence-corrected chi connectivity index (χ0v) is 10.5. The number of carbonyl (C=O) groups is 1. The van der Waals surface area contributed by atoms with Crippen LogP contribution in [0.15, 0.2) is 24.3 Å². The molecule has 1 aromatic carbocycles. The molecular weight excluding hydrogens is 251 g/mol. The fourth-order valence-electron chi connectivity index (χ4n) is 2.16. The van der Waals surface area contributed by atoms with Crippen LogP contribution >= 0.6 is 0 Å². The molecule has 0 aliphatic carbocycles. The number of carboxylic acid groups (broad SMARTS) is 1. The van der Waals surface area contributed by atoms with Gasteiger partial charge in [0, 0.05) is 25.3 Å². The molecule has 5 nitrogen and oxygen atoms in total. The Balaban J connectivity index is 1.88. The average molecular weight is 268 g/mol. The Hall–Kier alpha value is -1.82. The van der Waals surface area contributed by atoms with E-state index in [9.17, 15) is 14.3 Å². The van der Waals surface area contributed by atoms with Crippen molar-refractivity contribution in [2.75, 3.05) is 25.0 Å². The summed E-state index contributed by atoms with van der Waals surface area (Å²) < 4.78 is 13.0. The summed E-state index contributed by atoms with van der Waals surface area (Å²) in [7, 11) is 0. The number of nitrogens with zero attached hydrogens (tertiary/aromatic N) is 1. The monoisotopic (exact) mass is 268 g/mol. The molecule has 0 saturated carbocycles. The highest BCUT2D eigenvalue weighted by atomic mass is 19.1. The van der Waals surface area contributed by atoms with E-state index < -0.39 is 11.7 Å². The van der Waals surface area contributed by atoms with Gasteiger partial charge in [-0.1, -0.05) is 6.07 Å². The molecule has 1 aliphatic heterocycles. The third-order valence-corrected chi connectivity index (χ3v) is 3.41. The molecule has 0 bridgehead atoms. The molecule has 1 aromatic rings. The van der Waals surface area contributed by atoms with Crippen LogP contribution in [0, 0.1) is 5.82 Å². The second-order valence-corrected chi connectivity index (χ2v) is 4.86. The van der Waals surface area contributed by atoms with Crippen LogP contribution in [0.3, 0.4) is 0 Å². The van der Waals surface area contributed by atoms with E-state index in [0.717, 1.165) is 0 Å². The van der Waals surface area contributed by atoms with Gasteiger partial charge in [0.1, 0.15) is 5.82 Å². The number of hydrogen-bond acceptors (Lipinski definition) is 3. The van der Waals surface area contributed by atoms with Gasteiger partial charge >= 0.3 is 6.09 Å². The van der Waals surface area contributed by atoms with E-state index in [2.05, 4.69) is 5.32 Å². The first-order valence-electron chi connectivity index (χ1n) is 6.18. The first-order chi connectivity index (χ1) is 8.98. The standard InChI is InChI=1S/C13H17FN2O3/c14-10-2-1-3-11(8-10)15-9-13(19)4-6-16(7-5-13)12(17)18/h1-3,8,15,19H,4-7,9H2,(H,17,18). The van der Waals surface area contributed by atoms with Gasteiger partial charge in [0.05, 0.1) is 5.60 Å². The number of amides is 1. The third kappa shape index (κ3) is 3.57. The predicted octanol–water partition coefficient (Wildman–Crippen LogP) is 1.74. The Morgan fingerprint density at radius 3 is 2.68 bits per heavy atom. The third-order valence-electron chi connectivity index (χ3n) is 3.41. The van der Waals surface area contributed by atoms with Crippen LogP contribution in [-0.2, 0) is 0 Å². The maximum absolute atomic E-state index is 13.0. The molecule has 1 heterocycles. The van der Waals surface area contributed by atoms with Gasteiger partial charge in [-0.15, -0.1) is 0 Å². The van der Waals surface area contributed by atoms with E-state index in [0.29, 0.717) is 31.6 Å². The Morgan fingerprint density at radius 1 is 1.42 bits per heavy atom. The van der Waals surface area contributed by atoms with E-state index in [4.69, 9.17) is 5.11 Å². The van der Waals surface area contributed by atoms with Gasteiger partial charge in [0.25, 0.3) is 0 Å². The molecule has 2 rings (SSSR count). The van der Waals surface area contributed by atoms with Crippen molar-refractivity contribution in [2.24, 2.45) is 0 Å². The number of nitrogens with one attached hydrogen (secondary N) is 1. The Bertz CT molecular complexity index is 459. The molecule has 3 N–H and O–H groups in total. The lowest BCUT2D eigenvalue weighted by Crippen LogP contribution is -2.49. The molecule has 104 valence electrons. The summed E-state index contributed by atoms with van der Waals surface area (Å²) in [5.74, 6) is -0.335. The lowest BCUT2D eigenvalue weighted by Gasteiger charge is -2.37. The van der Waals surface area contributed by atoms with Crippen molar-refractivity contribution in [3.05, 3.63) is 30.1 Å². The second-order valence-electron chi connectivity index (χ2n) is 4.86. The molecule has 0 atom stereocenters. The molecule has 1 aliphatic rings. The highest BCUT2D eigenvalue weighted by molar-refractivity contribution is 5.65. The first-order valence-corrected chi connectivity index (χ1v) is 6.18. The van der Waals surface area contributed by atoms with E-state index >= 15 is 0 Å². The molecule has 0 unspecified atom stereocenters. The van der Waals surface area contributed by atoms with Gasteiger partial charge in [-0.3, -0.25) is 0 Å². The fourth-order valence-corrected chi connectivity index (χ4v) is 2.16. The van der Waals surface area contributed by atoms with E-state index in [1.54, 1.807) is 12.1 Å². The predicted molar refractivity (Wildman–Crippen MR) is 68.7 cm³/mol. The van der Waals surface area contributed by atoms with Crippen LogP contribution in [0.1, 0.15) is 12.8 Å². The summed E-state index contributed by atoms with van der Waals surface area (Å²) in [6.45, 7) is 0.914. The first kappa shape index (κ1) is 13.6. The topological polar surface area (TPSA) is 72.8 Å². The molecule has 1 saturated heterocycles. The maximum Gasteiger partial charge on any atom is 0.407 e. The lowest BCUT2D eigenvalue weighted by molar-refractivity contribution is -0.00588. The van der Waals surface area contributed by atoms with Crippen LogP contribution in [0.5, 0.6) is 0 Å². The Labute approximate surface area is 110 Å². The normalized spacial score (nSPS) is 18.1. The van der Waals surface area contributed by atoms with E-state index in [1.807, 2.05) is 0 Å². The lowest BCUT2D eigenvalue weighted by atomic mass is 9.91. The van der Waals surface area contributed by atoms with Gasteiger partial charge in [-0.2, -0.15) is 0 Å². The quantitative estimate of drug-likeness (QED) is 0.780. The van der Waals surface area contributed by atoms with Crippen molar-refractivity contribution >= 4 is 11.8 Å². The number of anilines is 1. The number of aliphatic hydroxyl groups is 1. The molecule has 6 heteroatoms. The molecular formula is C13H17FN2O3. The Morgan fingerprint density at radius 2 is 2.11 bits per heavy atom. The summed E-state index contributed by atoms with van der Waals surface area (Å²) >= 11 is 0. The SMILES string of the molecule is O=C(O)N1CCC(O)(CNc2cccc(F)c2)CC1.